The first-order valence-electron chi connectivity index (χ1n) is 8.68. The van der Waals surface area contributed by atoms with Crippen LogP contribution in [-0.4, -0.2) is 17.0 Å². The first kappa shape index (κ1) is 15.3. The molecule has 1 aromatic carbocycles. The number of H-pyrrole nitrogens is 1. The van der Waals surface area contributed by atoms with Crippen LogP contribution in [0.2, 0.25) is 0 Å². The van der Waals surface area contributed by atoms with Crippen LogP contribution >= 0.6 is 0 Å². The van der Waals surface area contributed by atoms with Crippen LogP contribution in [-0.2, 0) is 5.41 Å². The predicted molar refractivity (Wildman–Crippen MR) is 95.5 cm³/mol. The second-order valence-corrected chi connectivity index (χ2v) is 6.91. The van der Waals surface area contributed by atoms with E-state index >= 15 is 0 Å². The highest BCUT2D eigenvalue weighted by atomic mass is 19.1. The highest BCUT2D eigenvalue weighted by Crippen LogP contribution is 2.56. The Kier molecular flexibility index (Phi) is 3.23. The molecule has 0 spiro atoms. The number of benzene rings is 1. The highest BCUT2D eigenvalue weighted by molar-refractivity contribution is 5.69. The maximum atomic E-state index is 13.4. The van der Waals surface area contributed by atoms with Crippen molar-refractivity contribution in [1.29, 1.82) is 0 Å². The number of aromatic amines is 1. The molecule has 26 heavy (non-hydrogen) atoms. The Morgan fingerprint density at radius 1 is 1.19 bits per heavy atom. The molecule has 1 N–H and O–H groups in total. The standard InChI is InChI=1S/C21H17FN2O2/c1-13-19(14-5-8-17-18(11-14)26-12-25-17)23-24-20(13)21(9-10-21)15-3-2-4-16(22)7-6-15/h5-8,11H,3,9-10,12H2,1H3,(H,23,24). The van der Waals surface area contributed by atoms with Gasteiger partial charge < -0.3 is 9.47 Å². The second-order valence-electron chi connectivity index (χ2n) is 6.91. The van der Waals surface area contributed by atoms with Gasteiger partial charge in [0.05, 0.1) is 5.69 Å². The van der Waals surface area contributed by atoms with Crippen molar-refractivity contribution in [1.82, 2.24) is 10.2 Å². The van der Waals surface area contributed by atoms with Crippen LogP contribution in [0.25, 0.3) is 11.3 Å². The average Bonchev–Trinajstić information content (AvgIpc) is 3.21. The van der Waals surface area contributed by atoms with Crippen LogP contribution in [0, 0.1) is 18.8 Å². The van der Waals surface area contributed by atoms with Crippen molar-refractivity contribution in [2.24, 2.45) is 0 Å². The second kappa shape index (κ2) is 5.50. The Labute approximate surface area is 150 Å². The summed E-state index contributed by atoms with van der Waals surface area (Å²) in [6, 6.07) is 5.87. The minimum absolute atomic E-state index is 0.0958. The van der Waals surface area contributed by atoms with Gasteiger partial charge >= 0.3 is 0 Å². The minimum atomic E-state index is -0.377. The largest absolute Gasteiger partial charge is 0.454 e. The smallest absolute Gasteiger partial charge is 0.231 e. The summed E-state index contributed by atoms with van der Waals surface area (Å²) < 4.78 is 24.3. The lowest BCUT2D eigenvalue weighted by Crippen LogP contribution is -2.12. The number of fused-ring (bicyclic) bond motifs is 1. The van der Waals surface area contributed by atoms with Gasteiger partial charge in [-0.05, 0) is 61.1 Å². The Balaban J connectivity index is 1.54. The van der Waals surface area contributed by atoms with Crippen molar-refractivity contribution in [3.63, 3.8) is 0 Å². The first-order valence-corrected chi connectivity index (χ1v) is 8.68. The third kappa shape index (κ3) is 2.26. The third-order valence-electron chi connectivity index (χ3n) is 5.42. The Morgan fingerprint density at radius 3 is 2.88 bits per heavy atom. The van der Waals surface area contributed by atoms with Crippen molar-refractivity contribution >= 4 is 0 Å². The lowest BCUT2D eigenvalue weighted by atomic mass is 9.87. The molecular formula is C21H17FN2O2. The summed E-state index contributed by atoms with van der Waals surface area (Å²) in [7, 11) is 0. The average molecular weight is 348 g/mol. The van der Waals surface area contributed by atoms with E-state index in [-0.39, 0.29) is 18.0 Å². The van der Waals surface area contributed by atoms with Crippen molar-refractivity contribution in [2.75, 3.05) is 6.79 Å². The van der Waals surface area contributed by atoms with Gasteiger partial charge in [-0.1, -0.05) is 12.0 Å². The van der Waals surface area contributed by atoms with E-state index in [1.54, 1.807) is 0 Å². The van der Waals surface area contributed by atoms with Crippen molar-refractivity contribution in [3.8, 4) is 34.6 Å². The molecule has 2 aromatic rings. The molecule has 1 saturated carbocycles. The van der Waals surface area contributed by atoms with E-state index in [2.05, 4.69) is 29.0 Å². The minimum Gasteiger partial charge on any atom is -0.454 e. The topological polar surface area (TPSA) is 47.1 Å². The molecule has 0 bridgehead atoms. The van der Waals surface area contributed by atoms with Crippen LogP contribution in [0.4, 0.5) is 4.39 Å². The molecule has 5 heteroatoms. The number of nitrogens with one attached hydrogen (secondary N) is 1. The number of aromatic nitrogens is 2. The number of ether oxygens (including phenoxy) is 2. The van der Waals surface area contributed by atoms with E-state index < -0.39 is 0 Å². The van der Waals surface area contributed by atoms with Gasteiger partial charge in [-0.3, -0.25) is 5.10 Å². The number of hydrogen-bond acceptors (Lipinski definition) is 3. The van der Waals surface area contributed by atoms with Crippen molar-refractivity contribution in [3.05, 3.63) is 53.0 Å². The first-order chi connectivity index (χ1) is 12.7. The molecule has 130 valence electrons. The van der Waals surface area contributed by atoms with Gasteiger partial charge in [-0.25, -0.2) is 0 Å². The Bertz CT molecular complexity index is 1030. The van der Waals surface area contributed by atoms with Crippen LogP contribution in [0.5, 0.6) is 11.5 Å². The van der Waals surface area contributed by atoms with E-state index in [9.17, 15) is 4.39 Å². The van der Waals surface area contributed by atoms with E-state index in [1.165, 1.54) is 6.08 Å². The summed E-state index contributed by atoms with van der Waals surface area (Å²) >= 11 is 0. The predicted octanol–water partition coefficient (Wildman–Crippen LogP) is 4.33. The number of nitrogens with zero attached hydrogens (tertiary/aromatic N) is 1. The molecule has 1 aliphatic heterocycles. The molecule has 0 unspecified atom stereocenters. The zero-order valence-corrected chi connectivity index (χ0v) is 14.4. The zero-order valence-electron chi connectivity index (χ0n) is 14.4. The SMILES string of the molecule is Cc1c(-c2ccc3c(c2)OCO3)n[nH]c1C1(C2=CC=C(F)C#CC2)CC1. The van der Waals surface area contributed by atoms with E-state index in [0.29, 0.717) is 6.42 Å². The number of rotatable bonds is 3. The molecule has 1 aromatic heterocycles. The molecule has 1 fully saturated rings. The summed E-state index contributed by atoms with van der Waals surface area (Å²) in [6.45, 7) is 2.34. The summed E-state index contributed by atoms with van der Waals surface area (Å²) in [5, 5.41) is 7.82. The van der Waals surface area contributed by atoms with Gasteiger partial charge in [-0.15, -0.1) is 0 Å². The fourth-order valence-electron chi connectivity index (χ4n) is 3.87. The zero-order chi connectivity index (χ0) is 17.7. The third-order valence-corrected chi connectivity index (χ3v) is 5.42. The van der Waals surface area contributed by atoms with E-state index in [0.717, 1.165) is 52.4 Å². The van der Waals surface area contributed by atoms with E-state index in [4.69, 9.17) is 9.47 Å². The van der Waals surface area contributed by atoms with Crippen LogP contribution < -0.4 is 9.47 Å². The molecular weight excluding hydrogens is 331 g/mol. The number of halogens is 1. The Hall–Kier alpha value is -3.00. The molecule has 0 atom stereocenters. The Morgan fingerprint density at radius 2 is 2.04 bits per heavy atom. The van der Waals surface area contributed by atoms with Gasteiger partial charge in [0.1, 0.15) is 0 Å². The maximum absolute atomic E-state index is 13.4. The fourth-order valence-corrected chi connectivity index (χ4v) is 3.87. The van der Waals surface area contributed by atoms with Crippen LogP contribution in [0.1, 0.15) is 30.5 Å². The molecule has 0 saturated heterocycles. The van der Waals surface area contributed by atoms with Crippen molar-refractivity contribution in [2.45, 2.75) is 31.6 Å². The lowest BCUT2D eigenvalue weighted by Gasteiger charge is -2.17. The normalized spacial score (nSPS) is 19.2. The fraction of sp³-hybridized carbons (Fsp3) is 0.286. The number of hydrogen-bond donors (Lipinski definition) is 1. The van der Waals surface area contributed by atoms with Crippen LogP contribution in [0.15, 0.2) is 41.8 Å². The van der Waals surface area contributed by atoms with Gasteiger partial charge in [0.25, 0.3) is 0 Å². The summed E-state index contributed by atoms with van der Waals surface area (Å²) in [5.74, 6) is 6.59. The van der Waals surface area contributed by atoms with Crippen LogP contribution in [0.3, 0.4) is 0 Å². The molecule has 0 amide bonds. The van der Waals surface area contributed by atoms with Gasteiger partial charge in [0.15, 0.2) is 17.3 Å². The molecule has 2 aliphatic carbocycles. The van der Waals surface area contributed by atoms with Crippen molar-refractivity contribution < 1.29 is 13.9 Å². The van der Waals surface area contributed by atoms with E-state index in [1.807, 2.05) is 24.3 Å². The highest BCUT2D eigenvalue weighted by Gasteiger charge is 2.49. The van der Waals surface area contributed by atoms with Gasteiger partial charge in [0, 0.05) is 23.1 Å². The molecule has 2 heterocycles. The quantitative estimate of drug-likeness (QED) is 0.840. The lowest BCUT2D eigenvalue weighted by molar-refractivity contribution is 0.174. The van der Waals surface area contributed by atoms with Gasteiger partial charge in [0.2, 0.25) is 6.79 Å². The number of allylic oxidation sites excluding steroid dienone is 4. The molecule has 5 rings (SSSR count). The molecule has 4 nitrogen and oxygen atoms in total. The molecule has 0 radical (unpaired) electrons. The summed E-state index contributed by atoms with van der Waals surface area (Å²) in [4.78, 5) is 0. The molecule has 3 aliphatic rings. The summed E-state index contributed by atoms with van der Waals surface area (Å²) in [6.07, 6.45) is 5.98. The van der Waals surface area contributed by atoms with Gasteiger partial charge in [-0.2, -0.15) is 9.49 Å². The maximum Gasteiger partial charge on any atom is 0.231 e. The summed E-state index contributed by atoms with van der Waals surface area (Å²) in [5.41, 5.74) is 5.18. The monoisotopic (exact) mass is 348 g/mol.